The Morgan fingerprint density at radius 2 is 0.432 bits per heavy atom. The standard InChI is InChI=1S/C37H28/c1-4-10-28(11-5-1)31-16-22-34(23-17-31)37(35-24-18-32(19-25-35)29-12-6-2-7-13-29)36-26-20-33(21-27-36)30-14-8-3-9-15-30/h1-27,37H. The molecule has 0 N–H and O–H groups in total. The summed E-state index contributed by atoms with van der Waals surface area (Å²) in [6.07, 6.45) is 0. The molecule has 0 spiro atoms. The molecule has 37 heavy (non-hydrogen) atoms. The zero-order valence-corrected chi connectivity index (χ0v) is 20.7. The van der Waals surface area contributed by atoms with Crippen LogP contribution in [0.2, 0.25) is 0 Å². The van der Waals surface area contributed by atoms with Crippen molar-refractivity contribution in [2.24, 2.45) is 0 Å². The van der Waals surface area contributed by atoms with Gasteiger partial charge in [0.2, 0.25) is 0 Å². The van der Waals surface area contributed by atoms with Crippen molar-refractivity contribution >= 4 is 0 Å². The number of rotatable bonds is 6. The molecule has 0 bridgehead atoms. The summed E-state index contributed by atoms with van der Waals surface area (Å²) in [6, 6.07) is 58.9. The van der Waals surface area contributed by atoms with Crippen molar-refractivity contribution in [1.29, 1.82) is 0 Å². The third-order valence-electron chi connectivity index (χ3n) is 7.05. The van der Waals surface area contributed by atoms with Gasteiger partial charge in [0.25, 0.3) is 0 Å². The van der Waals surface area contributed by atoms with E-state index in [2.05, 4.69) is 164 Å². The van der Waals surface area contributed by atoms with Gasteiger partial charge in [0.1, 0.15) is 0 Å². The zero-order chi connectivity index (χ0) is 24.9. The number of hydrogen-bond donors (Lipinski definition) is 0. The van der Waals surface area contributed by atoms with Crippen LogP contribution in [0.4, 0.5) is 0 Å². The predicted octanol–water partition coefficient (Wildman–Crippen LogP) is 9.87. The van der Waals surface area contributed by atoms with E-state index in [9.17, 15) is 0 Å². The Hall–Kier alpha value is -4.68. The highest BCUT2D eigenvalue weighted by atomic mass is 14.2. The predicted molar refractivity (Wildman–Crippen MR) is 157 cm³/mol. The fourth-order valence-corrected chi connectivity index (χ4v) is 5.07. The molecule has 0 aromatic heterocycles. The van der Waals surface area contributed by atoms with Crippen molar-refractivity contribution in [3.8, 4) is 33.4 Å². The second-order valence-electron chi connectivity index (χ2n) is 9.40. The summed E-state index contributed by atoms with van der Waals surface area (Å²) >= 11 is 0. The molecule has 0 radical (unpaired) electrons. The van der Waals surface area contributed by atoms with Gasteiger partial charge in [0, 0.05) is 5.92 Å². The number of benzene rings is 6. The Kier molecular flexibility index (Phi) is 6.47. The van der Waals surface area contributed by atoms with Gasteiger partial charge in [0.15, 0.2) is 0 Å². The molecule has 0 nitrogen and oxygen atoms in total. The highest BCUT2D eigenvalue weighted by Gasteiger charge is 2.17. The Morgan fingerprint density at radius 1 is 0.216 bits per heavy atom. The third kappa shape index (κ3) is 5.01. The summed E-state index contributed by atoms with van der Waals surface area (Å²) in [6.45, 7) is 0. The molecule has 6 aromatic carbocycles. The molecule has 0 aliphatic heterocycles. The van der Waals surface area contributed by atoms with E-state index in [4.69, 9.17) is 0 Å². The lowest BCUT2D eigenvalue weighted by Gasteiger charge is -2.20. The quantitative estimate of drug-likeness (QED) is 0.212. The second kappa shape index (κ2) is 10.5. The monoisotopic (exact) mass is 472 g/mol. The molecular formula is C37H28. The van der Waals surface area contributed by atoms with Crippen LogP contribution in [-0.2, 0) is 0 Å². The van der Waals surface area contributed by atoms with E-state index < -0.39 is 0 Å². The minimum absolute atomic E-state index is 0.152. The van der Waals surface area contributed by atoms with Gasteiger partial charge in [-0.05, 0) is 50.1 Å². The summed E-state index contributed by atoms with van der Waals surface area (Å²) in [5.74, 6) is 0.152. The number of hydrogen-bond acceptors (Lipinski definition) is 0. The van der Waals surface area contributed by atoms with Gasteiger partial charge in [-0.2, -0.15) is 0 Å². The van der Waals surface area contributed by atoms with E-state index in [-0.39, 0.29) is 5.92 Å². The molecule has 0 saturated carbocycles. The molecular weight excluding hydrogens is 444 g/mol. The molecule has 0 fully saturated rings. The summed E-state index contributed by atoms with van der Waals surface area (Å²) < 4.78 is 0. The summed E-state index contributed by atoms with van der Waals surface area (Å²) in [7, 11) is 0. The Morgan fingerprint density at radius 3 is 0.676 bits per heavy atom. The van der Waals surface area contributed by atoms with Gasteiger partial charge in [0.05, 0.1) is 0 Å². The van der Waals surface area contributed by atoms with Crippen LogP contribution in [0.25, 0.3) is 33.4 Å². The average Bonchev–Trinajstić information content (AvgIpc) is 3.00. The fraction of sp³-hybridized carbons (Fsp3) is 0.0270. The first-order chi connectivity index (χ1) is 18.3. The van der Waals surface area contributed by atoms with Gasteiger partial charge in [-0.3, -0.25) is 0 Å². The minimum Gasteiger partial charge on any atom is -0.0622 e. The van der Waals surface area contributed by atoms with Crippen LogP contribution in [-0.4, -0.2) is 0 Å². The van der Waals surface area contributed by atoms with Crippen molar-refractivity contribution in [2.75, 3.05) is 0 Å². The molecule has 0 heteroatoms. The van der Waals surface area contributed by atoms with Gasteiger partial charge in [-0.1, -0.05) is 164 Å². The molecule has 0 aliphatic rings. The molecule has 6 rings (SSSR count). The van der Waals surface area contributed by atoms with Crippen LogP contribution in [0.15, 0.2) is 164 Å². The minimum atomic E-state index is 0.152. The first kappa shape index (κ1) is 22.8. The van der Waals surface area contributed by atoms with Gasteiger partial charge in [-0.15, -0.1) is 0 Å². The van der Waals surface area contributed by atoms with Crippen LogP contribution >= 0.6 is 0 Å². The van der Waals surface area contributed by atoms with Crippen molar-refractivity contribution < 1.29 is 0 Å². The SMILES string of the molecule is c1ccc(-c2ccc(C(c3ccc(-c4ccccc4)cc3)c3ccc(-c4ccccc4)cc3)cc2)cc1. The van der Waals surface area contributed by atoms with Crippen molar-refractivity contribution in [1.82, 2.24) is 0 Å². The Bertz CT molecular complexity index is 1350. The van der Waals surface area contributed by atoms with Crippen molar-refractivity contribution in [2.45, 2.75) is 5.92 Å². The Labute approximate surface area is 219 Å². The van der Waals surface area contributed by atoms with Gasteiger partial charge >= 0.3 is 0 Å². The lowest BCUT2D eigenvalue weighted by molar-refractivity contribution is 0.978. The maximum absolute atomic E-state index is 2.28. The molecule has 0 saturated heterocycles. The van der Waals surface area contributed by atoms with Crippen LogP contribution < -0.4 is 0 Å². The lowest BCUT2D eigenvalue weighted by atomic mass is 9.83. The van der Waals surface area contributed by atoms with E-state index in [1.165, 1.54) is 50.1 Å². The van der Waals surface area contributed by atoms with E-state index >= 15 is 0 Å². The molecule has 6 aromatic rings. The first-order valence-corrected chi connectivity index (χ1v) is 12.8. The van der Waals surface area contributed by atoms with Crippen LogP contribution in [0.3, 0.4) is 0 Å². The van der Waals surface area contributed by atoms with E-state index in [1.54, 1.807) is 0 Å². The van der Waals surface area contributed by atoms with Crippen molar-refractivity contribution in [3.63, 3.8) is 0 Å². The smallest absolute Gasteiger partial charge is 0.0340 e. The maximum atomic E-state index is 2.28. The summed E-state index contributed by atoms with van der Waals surface area (Å²) in [5.41, 5.74) is 11.3. The summed E-state index contributed by atoms with van der Waals surface area (Å²) in [5, 5.41) is 0. The van der Waals surface area contributed by atoms with E-state index in [1.807, 2.05) is 0 Å². The molecule has 0 heterocycles. The molecule has 0 unspecified atom stereocenters. The normalized spacial score (nSPS) is 10.9. The lowest BCUT2D eigenvalue weighted by Crippen LogP contribution is -2.03. The van der Waals surface area contributed by atoms with Gasteiger partial charge in [-0.25, -0.2) is 0 Å². The molecule has 176 valence electrons. The highest BCUT2D eigenvalue weighted by Crippen LogP contribution is 2.35. The highest BCUT2D eigenvalue weighted by molar-refractivity contribution is 5.67. The topological polar surface area (TPSA) is 0 Å². The van der Waals surface area contributed by atoms with Crippen LogP contribution in [0, 0.1) is 0 Å². The third-order valence-corrected chi connectivity index (χ3v) is 7.05. The fourth-order valence-electron chi connectivity index (χ4n) is 5.07. The largest absolute Gasteiger partial charge is 0.0622 e. The zero-order valence-electron chi connectivity index (χ0n) is 20.7. The van der Waals surface area contributed by atoms with Crippen LogP contribution in [0.5, 0.6) is 0 Å². The van der Waals surface area contributed by atoms with E-state index in [0.717, 1.165) is 0 Å². The maximum Gasteiger partial charge on any atom is 0.0340 e. The molecule has 0 atom stereocenters. The van der Waals surface area contributed by atoms with E-state index in [0.29, 0.717) is 0 Å². The molecule has 0 aliphatic carbocycles. The average molecular weight is 473 g/mol. The first-order valence-electron chi connectivity index (χ1n) is 12.8. The Balaban J connectivity index is 1.38. The second-order valence-corrected chi connectivity index (χ2v) is 9.40. The van der Waals surface area contributed by atoms with Crippen LogP contribution in [0.1, 0.15) is 22.6 Å². The molecule has 0 amide bonds. The summed E-state index contributed by atoms with van der Waals surface area (Å²) in [4.78, 5) is 0. The van der Waals surface area contributed by atoms with Gasteiger partial charge < -0.3 is 0 Å². The van der Waals surface area contributed by atoms with Crippen molar-refractivity contribution in [3.05, 3.63) is 180 Å².